The Morgan fingerprint density at radius 3 is 2.42 bits per heavy atom. The van der Waals surface area contributed by atoms with Gasteiger partial charge in [-0.3, -0.25) is 0 Å². The molecule has 0 atom stereocenters. The Hall–Kier alpha value is -2.80. The molecule has 1 aliphatic rings. The average molecular weight is 338 g/mol. The van der Waals surface area contributed by atoms with Crippen molar-refractivity contribution >= 4 is 21.5 Å². The minimum absolute atomic E-state index is 0.605. The maximum absolute atomic E-state index is 6.00. The van der Waals surface area contributed by atoms with Crippen molar-refractivity contribution in [2.45, 2.75) is 32.3 Å². The zero-order valence-electron chi connectivity index (χ0n) is 14.9. The van der Waals surface area contributed by atoms with Gasteiger partial charge in [0.2, 0.25) is 0 Å². The quantitative estimate of drug-likeness (QED) is 0.390. The number of fused-ring (bicyclic) bond motifs is 5. The molecule has 0 amide bonds. The first kappa shape index (κ1) is 15.5. The molecule has 0 heterocycles. The number of rotatable bonds is 3. The summed E-state index contributed by atoms with van der Waals surface area (Å²) >= 11 is 0. The third-order valence-electron chi connectivity index (χ3n) is 5.57. The van der Waals surface area contributed by atoms with E-state index in [1.165, 1.54) is 52.8 Å². The molecule has 0 saturated carbocycles. The molecular weight excluding hydrogens is 316 g/mol. The molecule has 0 N–H and O–H groups in total. The summed E-state index contributed by atoms with van der Waals surface area (Å²) in [6, 6.07) is 26.0. The summed E-state index contributed by atoms with van der Waals surface area (Å²) in [6.45, 7) is 0.605. The molecule has 0 fully saturated rings. The van der Waals surface area contributed by atoms with Crippen LogP contribution in [-0.2, 0) is 19.4 Å². The third kappa shape index (κ3) is 2.74. The van der Waals surface area contributed by atoms with Gasteiger partial charge in [0.1, 0.15) is 12.4 Å². The Bertz CT molecular complexity index is 1080. The highest BCUT2D eigenvalue weighted by Crippen LogP contribution is 2.34. The largest absolute Gasteiger partial charge is 0.489 e. The van der Waals surface area contributed by atoms with Crippen LogP contribution in [0.25, 0.3) is 21.5 Å². The Labute approximate surface area is 154 Å². The standard InChI is InChI=1S/C25H22O/c1-2-6-18(7-3-1)17-26-21-12-15-23-20(16-21)11-14-24-22-9-5-4-8-19(22)10-13-25(23)24/h1-3,6-7,10-16H,4-5,8-9,17H2. The zero-order valence-corrected chi connectivity index (χ0v) is 14.9. The van der Waals surface area contributed by atoms with Crippen molar-refractivity contribution in [3.63, 3.8) is 0 Å². The topological polar surface area (TPSA) is 9.23 Å². The van der Waals surface area contributed by atoms with Gasteiger partial charge < -0.3 is 4.74 Å². The summed E-state index contributed by atoms with van der Waals surface area (Å²) in [7, 11) is 0. The van der Waals surface area contributed by atoms with Gasteiger partial charge in [0.15, 0.2) is 0 Å². The molecule has 1 nitrogen and oxygen atoms in total. The second-order valence-electron chi connectivity index (χ2n) is 7.23. The lowest BCUT2D eigenvalue weighted by Crippen LogP contribution is -2.03. The van der Waals surface area contributed by atoms with Crippen molar-refractivity contribution in [1.29, 1.82) is 0 Å². The number of ether oxygens (including phenoxy) is 1. The monoisotopic (exact) mass is 338 g/mol. The van der Waals surface area contributed by atoms with E-state index in [-0.39, 0.29) is 0 Å². The summed E-state index contributed by atoms with van der Waals surface area (Å²) in [5, 5.41) is 5.38. The van der Waals surface area contributed by atoms with Crippen LogP contribution < -0.4 is 4.74 Å². The Kier molecular flexibility index (Phi) is 3.86. The molecule has 0 unspecified atom stereocenters. The van der Waals surface area contributed by atoms with Crippen LogP contribution in [0.5, 0.6) is 5.75 Å². The Balaban J connectivity index is 1.52. The van der Waals surface area contributed by atoms with Crippen LogP contribution in [0.2, 0.25) is 0 Å². The van der Waals surface area contributed by atoms with E-state index < -0.39 is 0 Å². The molecule has 0 aliphatic heterocycles. The molecule has 0 aromatic heterocycles. The second-order valence-corrected chi connectivity index (χ2v) is 7.23. The fraction of sp³-hybridized carbons (Fsp3) is 0.200. The summed E-state index contributed by atoms with van der Waals surface area (Å²) in [5.41, 5.74) is 4.31. The first-order valence-electron chi connectivity index (χ1n) is 9.52. The number of hydrogen-bond donors (Lipinski definition) is 0. The molecular formula is C25H22O. The molecule has 5 rings (SSSR count). The molecule has 26 heavy (non-hydrogen) atoms. The molecule has 0 radical (unpaired) electrons. The van der Waals surface area contributed by atoms with Crippen LogP contribution in [0.4, 0.5) is 0 Å². The van der Waals surface area contributed by atoms with Crippen LogP contribution in [0.15, 0.2) is 72.8 Å². The van der Waals surface area contributed by atoms with Crippen LogP contribution in [0.1, 0.15) is 29.5 Å². The van der Waals surface area contributed by atoms with Gasteiger partial charge in [-0.25, -0.2) is 0 Å². The van der Waals surface area contributed by atoms with Crippen LogP contribution in [0, 0.1) is 0 Å². The molecule has 0 spiro atoms. The van der Waals surface area contributed by atoms with Gasteiger partial charge >= 0.3 is 0 Å². The fourth-order valence-electron chi connectivity index (χ4n) is 4.21. The molecule has 0 bridgehead atoms. The molecule has 128 valence electrons. The summed E-state index contributed by atoms with van der Waals surface area (Å²) in [4.78, 5) is 0. The van der Waals surface area contributed by atoms with E-state index in [0.717, 1.165) is 5.75 Å². The zero-order chi connectivity index (χ0) is 17.3. The smallest absolute Gasteiger partial charge is 0.120 e. The van der Waals surface area contributed by atoms with E-state index in [1.807, 2.05) is 18.2 Å². The predicted molar refractivity (Wildman–Crippen MR) is 109 cm³/mol. The highest BCUT2D eigenvalue weighted by Gasteiger charge is 2.13. The third-order valence-corrected chi connectivity index (χ3v) is 5.57. The highest BCUT2D eigenvalue weighted by molar-refractivity contribution is 6.09. The lowest BCUT2D eigenvalue weighted by molar-refractivity contribution is 0.306. The van der Waals surface area contributed by atoms with E-state index in [2.05, 4.69) is 54.6 Å². The van der Waals surface area contributed by atoms with Crippen LogP contribution >= 0.6 is 0 Å². The highest BCUT2D eigenvalue weighted by atomic mass is 16.5. The van der Waals surface area contributed by atoms with E-state index in [4.69, 9.17) is 4.74 Å². The second kappa shape index (κ2) is 6.49. The SMILES string of the molecule is c1ccc(COc2ccc3c(ccc4c5c(ccc43)CCCC5)c2)cc1. The Morgan fingerprint density at radius 2 is 1.50 bits per heavy atom. The van der Waals surface area contributed by atoms with Crippen LogP contribution in [-0.4, -0.2) is 0 Å². The first-order chi connectivity index (χ1) is 12.9. The normalized spacial score (nSPS) is 13.7. The van der Waals surface area contributed by atoms with E-state index in [1.54, 1.807) is 11.1 Å². The van der Waals surface area contributed by atoms with Crippen molar-refractivity contribution < 1.29 is 4.74 Å². The molecule has 1 aliphatic carbocycles. The molecule has 0 saturated heterocycles. The van der Waals surface area contributed by atoms with Gasteiger partial charge in [0, 0.05) is 0 Å². The van der Waals surface area contributed by atoms with Gasteiger partial charge in [-0.15, -0.1) is 0 Å². The van der Waals surface area contributed by atoms with Gasteiger partial charge in [-0.1, -0.05) is 60.7 Å². The maximum atomic E-state index is 6.00. The summed E-state index contributed by atoms with van der Waals surface area (Å²) < 4.78 is 6.00. The minimum Gasteiger partial charge on any atom is -0.489 e. The van der Waals surface area contributed by atoms with E-state index in [9.17, 15) is 0 Å². The van der Waals surface area contributed by atoms with E-state index in [0.29, 0.717) is 6.61 Å². The molecule has 1 heteroatoms. The lowest BCUT2D eigenvalue weighted by Gasteiger charge is -2.19. The number of hydrogen-bond acceptors (Lipinski definition) is 1. The molecule has 4 aromatic carbocycles. The van der Waals surface area contributed by atoms with Gasteiger partial charge in [0.05, 0.1) is 0 Å². The number of benzene rings is 4. The Morgan fingerprint density at radius 1 is 0.692 bits per heavy atom. The van der Waals surface area contributed by atoms with Gasteiger partial charge in [-0.2, -0.15) is 0 Å². The van der Waals surface area contributed by atoms with Crippen LogP contribution in [0.3, 0.4) is 0 Å². The number of aryl methyl sites for hydroxylation is 2. The van der Waals surface area contributed by atoms with Gasteiger partial charge in [-0.05, 0) is 76.1 Å². The summed E-state index contributed by atoms with van der Waals surface area (Å²) in [5.74, 6) is 0.929. The van der Waals surface area contributed by atoms with E-state index >= 15 is 0 Å². The lowest BCUT2D eigenvalue weighted by atomic mass is 9.86. The van der Waals surface area contributed by atoms with Crippen molar-refractivity contribution in [3.8, 4) is 5.75 Å². The van der Waals surface area contributed by atoms with Crippen molar-refractivity contribution in [3.05, 3.63) is 89.5 Å². The maximum Gasteiger partial charge on any atom is 0.120 e. The van der Waals surface area contributed by atoms with Crippen molar-refractivity contribution in [2.24, 2.45) is 0 Å². The minimum atomic E-state index is 0.605. The fourth-order valence-corrected chi connectivity index (χ4v) is 4.21. The van der Waals surface area contributed by atoms with Crippen molar-refractivity contribution in [1.82, 2.24) is 0 Å². The van der Waals surface area contributed by atoms with Gasteiger partial charge in [0.25, 0.3) is 0 Å². The summed E-state index contributed by atoms with van der Waals surface area (Å²) in [6.07, 6.45) is 5.09. The average Bonchev–Trinajstić information content (AvgIpc) is 2.72. The van der Waals surface area contributed by atoms with Crippen molar-refractivity contribution in [2.75, 3.05) is 0 Å². The molecule has 4 aromatic rings. The predicted octanol–water partition coefficient (Wildman–Crippen LogP) is 6.45. The first-order valence-corrected chi connectivity index (χ1v) is 9.52.